The quantitative estimate of drug-likeness (QED) is 0.799. The molecule has 2 heterocycles. The average molecular weight is 245 g/mol. The number of nitrogens with two attached hydrogens (primary N) is 1. The smallest absolute Gasteiger partial charge is 0.198 e. The molecule has 0 aliphatic heterocycles. The van der Waals surface area contributed by atoms with Crippen LogP contribution in [0.1, 0.15) is 5.56 Å². The molecular formula is C6H5BrN4O2. The van der Waals surface area contributed by atoms with E-state index >= 15 is 0 Å². The van der Waals surface area contributed by atoms with Crippen LogP contribution in [0.25, 0.3) is 11.4 Å². The maximum absolute atomic E-state index is 5.49. The van der Waals surface area contributed by atoms with E-state index in [-0.39, 0.29) is 5.82 Å². The van der Waals surface area contributed by atoms with E-state index in [0.29, 0.717) is 16.7 Å². The monoisotopic (exact) mass is 244 g/mol. The minimum Gasteiger partial charge on any atom is -0.379 e. The van der Waals surface area contributed by atoms with Gasteiger partial charge in [-0.15, -0.1) is 0 Å². The third kappa shape index (κ3) is 1.31. The first-order valence-corrected chi connectivity index (χ1v) is 4.52. The van der Waals surface area contributed by atoms with Crippen LogP contribution in [0.15, 0.2) is 15.4 Å². The van der Waals surface area contributed by atoms with E-state index in [4.69, 9.17) is 10.3 Å². The molecule has 2 aromatic rings. The SMILES string of the molecule is Nc1nonc1-c1nocc1CBr. The van der Waals surface area contributed by atoms with E-state index in [1.807, 2.05) is 0 Å². The molecule has 0 saturated heterocycles. The minimum absolute atomic E-state index is 0.205. The number of alkyl halides is 1. The number of nitrogens with zero attached hydrogens (tertiary/aromatic N) is 3. The van der Waals surface area contributed by atoms with E-state index in [0.717, 1.165) is 5.56 Å². The molecule has 13 heavy (non-hydrogen) atoms. The van der Waals surface area contributed by atoms with Crippen molar-refractivity contribution in [2.75, 3.05) is 5.73 Å². The zero-order valence-electron chi connectivity index (χ0n) is 6.40. The lowest BCUT2D eigenvalue weighted by Crippen LogP contribution is -1.90. The molecule has 0 aliphatic carbocycles. The molecular weight excluding hydrogens is 240 g/mol. The van der Waals surface area contributed by atoms with Crippen LogP contribution in [0.5, 0.6) is 0 Å². The van der Waals surface area contributed by atoms with E-state index in [1.165, 1.54) is 6.26 Å². The molecule has 2 N–H and O–H groups in total. The van der Waals surface area contributed by atoms with Crippen molar-refractivity contribution in [2.45, 2.75) is 5.33 Å². The van der Waals surface area contributed by atoms with Gasteiger partial charge >= 0.3 is 0 Å². The van der Waals surface area contributed by atoms with Gasteiger partial charge in [-0.05, 0) is 10.3 Å². The van der Waals surface area contributed by atoms with Crippen LogP contribution < -0.4 is 5.73 Å². The van der Waals surface area contributed by atoms with Crippen LogP contribution in [0, 0.1) is 0 Å². The van der Waals surface area contributed by atoms with Crippen molar-refractivity contribution >= 4 is 21.7 Å². The summed E-state index contributed by atoms with van der Waals surface area (Å²) >= 11 is 3.28. The molecule has 0 unspecified atom stereocenters. The van der Waals surface area contributed by atoms with Gasteiger partial charge in [-0.2, -0.15) is 0 Å². The molecule has 0 saturated carbocycles. The fraction of sp³-hybridized carbons (Fsp3) is 0.167. The van der Waals surface area contributed by atoms with E-state index < -0.39 is 0 Å². The number of nitrogen functional groups attached to an aromatic ring is 1. The summed E-state index contributed by atoms with van der Waals surface area (Å²) in [6.45, 7) is 0. The highest BCUT2D eigenvalue weighted by Gasteiger charge is 2.16. The molecule has 6 nitrogen and oxygen atoms in total. The molecule has 7 heteroatoms. The summed E-state index contributed by atoms with van der Waals surface area (Å²) < 4.78 is 9.22. The van der Waals surface area contributed by atoms with Gasteiger partial charge in [-0.25, -0.2) is 4.63 Å². The van der Waals surface area contributed by atoms with Crippen LogP contribution >= 0.6 is 15.9 Å². The number of rotatable bonds is 2. The standard InChI is InChI=1S/C6H5BrN4O2/c7-1-3-2-12-9-4(3)5-6(8)11-13-10-5/h2H,1H2,(H2,8,11). The third-order valence-corrected chi connectivity index (χ3v) is 2.13. The highest BCUT2D eigenvalue weighted by molar-refractivity contribution is 9.08. The predicted octanol–water partition coefficient (Wildman–Crippen LogP) is 1.20. The first kappa shape index (κ1) is 8.24. The normalized spacial score (nSPS) is 10.5. The van der Waals surface area contributed by atoms with Crippen LogP contribution in [0.3, 0.4) is 0 Å². The summed E-state index contributed by atoms with van der Waals surface area (Å²) in [6.07, 6.45) is 1.51. The Morgan fingerprint density at radius 1 is 1.31 bits per heavy atom. The Balaban J connectivity index is 2.52. The lowest BCUT2D eigenvalue weighted by molar-refractivity contribution is 0.310. The van der Waals surface area contributed by atoms with Gasteiger partial charge < -0.3 is 10.3 Å². The Morgan fingerprint density at radius 3 is 2.77 bits per heavy atom. The number of hydrogen-bond donors (Lipinski definition) is 1. The molecule has 0 aromatic carbocycles. The number of aromatic nitrogens is 3. The summed E-state index contributed by atoms with van der Waals surface area (Å²) in [5.41, 5.74) is 7.30. The Hall–Kier alpha value is -1.37. The molecule has 0 spiro atoms. The number of anilines is 1. The van der Waals surface area contributed by atoms with Gasteiger partial charge in [0.15, 0.2) is 11.5 Å². The van der Waals surface area contributed by atoms with Gasteiger partial charge in [0.1, 0.15) is 12.0 Å². The van der Waals surface area contributed by atoms with Crippen molar-refractivity contribution in [3.63, 3.8) is 0 Å². The van der Waals surface area contributed by atoms with E-state index in [1.54, 1.807) is 0 Å². The second kappa shape index (κ2) is 3.17. The fourth-order valence-corrected chi connectivity index (χ4v) is 1.30. The van der Waals surface area contributed by atoms with Gasteiger partial charge in [0, 0.05) is 10.9 Å². The van der Waals surface area contributed by atoms with Crippen molar-refractivity contribution in [3.05, 3.63) is 11.8 Å². The van der Waals surface area contributed by atoms with Gasteiger partial charge in [-0.1, -0.05) is 21.1 Å². The van der Waals surface area contributed by atoms with Crippen LogP contribution in [0.4, 0.5) is 5.82 Å². The topological polar surface area (TPSA) is 91.0 Å². The Morgan fingerprint density at radius 2 is 2.15 bits per heavy atom. The van der Waals surface area contributed by atoms with E-state index in [2.05, 4.69) is 36.0 Å². The third-order valence-electron chi connectivity index (χ3n) is 1.53. The van der Waals surface area contributed by atoms with Crippen molar-refractivity contribution in [2.24, 2.45) is 0 Å². The minimum atomic E-state index is 0.205. The van der Waals surface area contributed by atoms with Gasteiger partial charge in [-0.3, -0.25) is 0 Å². The van der Waals surface area contributed by atoms with Crippen LogP contribution in [-0.4, -0.2) is 15.5 Å². The van der Waals surface area contributed by atoms with Crippen molar-refractivity contribution in [1.82, 2.24) is 15.5 Å². The first-order chi connectivity index (χ1) is 6.33. The first-order valence-electron chi connectivity index (χ1n) is 3.40. The summed E-state index contributed by atoms with van der Waals surface area (Å²) in [5, 5.41) is 11.4. The summed E-state index contributed by atoms with van der Waals surface area (Å²) in [4.78, 5) is 0. The summed E-state index contributed by atoms with van der Waals surface area (Å²) in [7, 11) is 0. The maximum Gasteiger partial charge on any atom is 0.198 e. The van der Waals surface area contributed by atoms with Crippen LogP contribution in [0.2, 0.25) is 0 Å². The molecule has 0 amide bonds. The lowest BCUT2D eigenvalue weighted by atomic mass is 10.2. The zero-order chi connectivity index (χ0) is 9.26. The fourth-order valence-electron chi connectivity index (χ4n) is 0.907. The Labute approximate surface area is 81.2 Å². The maximum atomic E-state index is 5.49. The number of halogens is 1. The second-order valence-electron chi connectivity index (χ2n) is 2.32. The van der Waals surface area contributed by atoms with Crippen molar-refractivity contribution in [1.29, 1.82) is 0 Å². The van der Waals surface area contributed by atoms with E-state index in [9.17, 15) is 0 Å². The van der Waals surface area contributed by atoms with Gasteiger partial charge in [0.2, 0.25) is 0 Å². The van der Waals surface area contributed by atoms with Gasteiger partial charge in [0.05, 0.1) is 0 Å². The van der Waals surface area contributed by atoms with Gasteiger partial charge in [0.25, 0.3) is 0 Å². The lowest BCUT2D eigenvalue weighted by Gasteiger charge is -1.90. The molecule has 0 fully saturated rings. The summed E-state index contributed by atoms with van der Waals surface area (Å²) in [6, 6.07) is 0. The highest BCUT2D eigenvalue weighted by Crippen LogP contribution is 2.25. The Kier molecular flexibility index (Phi) is 2.01. The second-order valence-corrected chi connectivity index (χ2v) is 2.88. The van der Waals surface area contributed by atoms with Crippen molar-refractivity contribution in [3.8, 4) is 11.4 Å². The molecule has 0 radical (unpaired) electrons. The zero-order valence-corrected chi connectivity index (χ0v) is 7.98. The summed E-state index contributed by atoms with van der Waals surface area (Å²) in [5.74, 6) is 0.205. The Bertz CT molecular complexity index is 410. The molecule has 2 aromatic heterocycles. The largest absolute Gasteiger partial charge is 0.379 e. The molecule has 68 valence electrons. The molecule has 2 rings (SSSR count). The van der Waals surface area contributed by atoms with Crippen molar-refractivity contribution < 1.29 is 9.15 Å². The van der Waals surface area contributed by atoms with Crippen LogP contribution in [-0.2, 0) is 5.33 Å². The highest BCUT2D eigenvalue weighted by atomic mass is 79.9. The molecule has 0 bridgehead atoms. The predicted molar refractivity (Wildman–Crippen MR) is 46.8 cm³/mol. The molecule has 0 aliphatic rings. The number of hydrogen-bond acceptors (Lipinski definition) is 6. The molecule has 0 atom stereocenters. The average Bonchev–Trinajstić information content (AvgIpc) is 2.71.